The molecule has 1 aliphatic heterocycles. The van der Waals surface area contributed by atoms with Crippen molar-refractivity contribution in [2.45, 2.75) is 43.2 Å². The molecule has 3 unspecified atom stereocenters. The summed E-state index contributed by atoms with van der Waals surface area (Å²) in [4.78, 5) is 0. The summed E-state index contributed by atoms with van der Waals surface area (Å²) in [6, 6.07) is 0.425. The van der Waals surface area contributed by atoms with Gasteiger partial charge in [-0.3, -0.25) is 11.3 Å². The fourth-order valence-electron chi connectivity index (χ4n) is 1.84. The van der Waals surface area contributed by atoms with Crippen molar-refractivity contribution in [3.05, 3.63) is 12.2 Å². The molecule has 3 atom stereocenters. The summed E-state index contributed by atoms with van der Waals surface area (Å²) >= 11 is 4.13. The predicted octanol–water partition coefficient (Wildman–Crippen LogP) is 2.41. The molecule has 0 aromatic rings. The van der Waals surface area contributed by atoms with Gasteiger partial charge in [-0.1, -0.05) is 12.5 Å². The van der Waals surface area contributed by atoms with Gasteiger partial charge in [0, 0.05) is 28.0 Å². The van der Waals surface area contributed by atoms with Gasteiger partial charge in [0.1, 0.15) is 0 Å². The van der Waals surface area contributed by atoms with Crippen molar-refractivity contribution in [3.8, 4) is 0 Å². The highest BCUT2D eigenvalue weighted by Crippen LogP contribution is 2.34. The molecular weight excluding hydrogens is 224 g/mol. The molecule has 1 saturated heterocycles. The highest BCUT2D eigenvalue weighted by Gasteiger charge is 2.29. The molecule has 0 bridgehead atoms. The van der Waals surface area contributed by atoms with Gasteiger partial charge in [0.25, 0.3) is 0 Å². The Labute approximate surface area is 102 Å². The fourth-order valence-corrected chi connectivity index (χ4v) is 4.82. The first kappa shape index (κ1) is 13.4. The maximum absolute atomic E-state index is 5.65. The Balaban J connectivity index is 2.44. The highest BCUT2D eigenvalue weighted by atomic mass is 32.2. The van der Waals surface area contributed by atoms with Crippen LogP contribution in [0.5, 0.6) is 0 Å². The number of rotatable bonds is 5. The van der Waals surface area contributed by atoms with E-state index in [-0.39, 0.29) is 0 Å². The largest absolute Gasteiger partial charge is 0.271 e. The lowest BCUT2D eigenvalue weighted by Gasteiger charge is -2.34. The lowest BCUT2D eigenvalue weighted by molar-refractivity contribution is 0.473. The van der Waals surface area contributed by atoms with E-state index in [2.05, 4.69) is 49.4 Å². The molecule has 0 radical (unpaired) electrons. The SMILES string of the molecule is C=C(C)CCC(NN)C1SCCSC1C. The standard InChI is InChI=1S/C11H22N2S2/c1-8(2)4-5-10(13-12)11-9(3)14-6-7-15-11/h9-11,13H,1,4-7,12H2,2-3H3. The molecule has 3 N–H and O–H groups in total. The van der Waals surface area contributed by atoms with E-state index in [9.17, 15) is 0 Å². The Hall–Kier alpha value is 0.360. The quantitative estimate of drug-likeness (QED) is 0.444. The molecule has 0 aliphatic carbocycles. The van der Waals surface area contributed by atoms with Crippen LogP contribution in [0.3, 0.4) is 0 Å². The van der Waals surface area contributed by atoms with Crippen LogP contribution in [0.1, 0.15) is 26.7 Å². The zero-order valence-corrected chi connectivity index (χ0v) is 11.3. The summed E-state index contributed by atoms with van der Waals surface area (Å²) in [7, 11) is 0. The number of thioether (sulfide) groups is 2. The molecule has 0 spiro atoms. The minimum absolute atomic E-state index is 0.425. The molecule has 0 amide bonds. The molecule has 4 heteroatoms. The van der Waals surface area contributed by atoms with Crippen LogP contribution in [-0.2, 0) is 0 Å². The Bertz CT molecular complexity index is 209. The third-order valence-corrected chi connectivity index (χ3v) is 5.98. The molecule has 1 aliphatic rings. The van der Waals surface area contributed by atoms with E-state index in [1.165, 1.54) is 17.1 Å². The minimum atomic E-state index is 0.425. The maximum atomic E-state index is 5.65. The van der Waals surface area contributed by atoms with Crippen molar-refractivity contribution in [2.24, 2.45) is 5.84 Å². The van der Waals surface area contributed by atoms with Crippen LogP contribution in [0.15, 0.2) is 12.2 Å². The average molecular weight is 246 g/mol. The third-order valence-electron chi connectivity index (χ3n) is 2.73. The number of nitrogens with two attached hydrogens (primary N) is 1. The van der Waals surface area contributed by atoms with Crippen molar-refractivity contribution in [1.29, 1.82) is 0 Å². The van der Waals surface area contributed by atoms with Crippen LogP contribution in [0, 0.1) is 0 Å². The van der Waals surface area contributed by atoms with Gasteiger partial charge in [-0.15, -0.1) is 6.58 Å². The highest BCUT2D eigenvalue weighted by molar-refractivity contribution is 8.07. The first-order chi connectivity index (χ1) is 7.15. The number of hydrogen-bond acceptors (Lipinski definition) is 4. The second-order valence-electron chi connectivity index (χ2n) is 4.18. The zero-order chi connectivity index (χ0) is 11.3. The number of allylic oxidation sites excluding steroid dienone is 1. The van der Waals surface area contributed by atoms with Gasteiger partial charge in [-0.05, 0) is 19.8 Å². The zero-order valence-electron chi connectivity index (χ0n) is 9.66. The summed E-state index contributed by atoms with van der Waals surface area (Å²) in [6.07, 6.45) is 2.18. The Morgan fingerprint density at radius 3 is 2.73 bits per heavy atom. The van der Waals surface area contributed by atoms with Gasteiger partial charge in [0.05, 0.1) is 0 Å². The summed E-state index contributed by atoms with van der Waals surface area (Å²) in [6.45, 7) is 8.34. The van der Waals surface area contributed by atoms with Crippen molar-refractivity contribution < 1.29 is 0 Å². The van der Waals surface area contributed by atoms with Gasteiger partial charge in [-0.25, -0.2) is 0 Å². The van der Waals surface area contributed by atoms with Gasteiger partial charge in [0.15, 0.2) is 0 Å². The maximum Gasteiger partial charge on any atom is 0.0343 e. The Morgan fingerprint density at radius 1 is 1.53 bits per heavy atom. The Morgan fingerprint density at radius 2 is 2.20 bits per heavy atom. The minimum Gasteiger partial charge on any atom is -0.271 e. The van der Waals surface area contributed by atoms with Crippen LogP contribution in [0.25, 0.3) is 0 Å². The van der Waals surface area contributed by atoms with Gasteiger partial charge >= 0.3 is 0 Å². The van der Waals surface area contributed by atoms with Crippen LogP contribution in [-0.4, -0.2) is 28.0 Å². The predicted molar refractivity (Wildman–Crippen MR) is 73.3 cm³/mol. The topological polar surface area (TPSA) is 38.0 Å². The normalized spacial score (nSPS) is 28.7. The molecule has 15 heavy (non-hydrogen) atoms. The van der Waals surface area contributed by atoms with E-state index in [1.54, 1.807) is 0 Å². The smallest absolute Gasteiger partial charge is 0.0343 e. The first-order valence-electron chi connectivity index (χ1n) is 5.49. The number of nitrogens with one attached hydrogen (secondary N) is 1. The van der Waals surface area contributed by atoms with Crippen LogP contribution in [0.2, 0.25) is 0 Å². The molecule has 88 valence electrons. The molecule has 0 aromatic heterocycles. The lowest BCUT2D eigenvalue weighted by atomic mass is 10.0. The van der Waals surface area contributed by atoms with E-state index in [0.717, 1.165) is 12.8 Å². The summed E-state index contributed by atoms with van der Waals surface area (Å²) < 4.78 is 0. The van der Waals surface area contributed by atoms with E-state index in [4.69, 9.17) is 5.84 Å². The van der Waals surface area contributed by atoms with Gasteiger partial charge < -0.3 is 0 Å². The Kier molecular flexibility index (Phi) is 6.12. The summed E-state index contributed by atoms with van der Waals surface area (Å²) in [5, 5.41) is 1.35. The van der Waals surface area contributed by atoms with Crippen LogP contribution < -0.4 is 11.3 Å². The van der Waals surface area contributed by atoms with Crippen LogP contribution in [0.4, 0.5) is 0 Å². The number of hydrazine groups is 1. The summed E-state index contributed by atoms with van der Waals surface area (Å²) in [5.41, 5.74) is 4.23. The molecule has 0 saturated carbocycles. The number of hydrogen-bond donors (Lipinski definition) is 2. The monoisotopic (exact) mass is 246 g/mol. The van der Waals surface area contributed by atoms with E-state index < -0.39 is 0 Å². The second-order valence-corrected chi connectivity index (χ2v) is 6.95. The van der Waals surface area contributed by atoms with Gasteiger partial charge in [-0.2, -0.15) is 23.5 Å². The molecule has 2 nitrogen and oxygen atoms in total. The molecular formula is C11H22N2S2. The third kappa shape index (κ3) is 4.39. The average Bonchev–Trinajstić information content (AvgIpc) is 2.21. The van der Waals surface area contributed by atoms with Crippen molar-refractivity contribution in [2.75, 3.05) is 11.5 Å². The fraction of sp³-hybridized carbons (Fsp3) is 0.818. The van der Waals surface area contributed by atoms with Crippen LogP contribution >= 0.6 is 23.5 Å². The van der Waals surface area contributed by atoms with Gasteiger partial charge in [0.2, 0.25) is 0 Å². The van der Waals surface area contributed by atoms with E-state index in [0.29, 0.717) is 16.5 Å². The summed E-state index contributed by atoms with van der Waals surface area (Å²) in [5.74, 6) is 8.18. The van der Waals surface area contributed by atoms with Crippen molar-refractivity contribution in [3.63, 3.8) is 0 Å². The lowest BCUT2D eigenvalue weighted by Crippen LogP contribution is -2.47. The molecule has 1 heterocycles. The molecule has 1 rings (SSSR count). The molecule has 0 aromatic carbocycles. The van der Waals surface area contributed by atoms with E-state index in [1.807, 2.05) is 0 Å². The van der Waals surface area contributed by atoms with Crippen molar-refractivity contribution >= 4 is 23.5 Å². The molecule has 1 fully saturated rings. The van der Waals surface area contributed by atoms with Crippen molar-refractivity contribution in [1.82, 2.24) is 5.43 Å². The first-order valence-corrected chi connectivity index (χ1v) is 7.58. The van der Waals surface area contributed by atoms with E-state index >= 15 is 0 Å². The second kappa shape index (κ2) is 6.84.